The van der Waals surface area contributed by atoms with E-state index in [1.165, 1.54) is 11.8 Å². The third-order valence-electron chi connectivity index (χ3n) is 5.76. The van der Waals surface area contributed by atoms with Gasteiger partial charge in [0.15, 0.2) is 0 Å². The number of carbonyl (C=O) groups excluding carboxylic acids is 1. The van der Waals surface area contributed by atoms with E-state index >= 15 is 0 Å². The van der Waals surface area contributed by atoms with Crippen LogP contribution in [0.4, 0.5) is 4.39 Å². The first kappa shape index (κ1) is 24.2. The van der Waals surface area contributed by atoms with Crippen LogP contribution < -0.4 is 10.6 Å². The number of halogens is 2. The van der Waals surface area contributed by atoms with Crippen LogP contribution in [0.25, 0.3) is 0 Å². The molecular weight excluding hydrogens is 407 g/mol. The van der Waals surface area contributed by atoms with Crippen LogP contribution in [0, 0.1) is 5.92 Å². The molecule has 2 fully saturated rings. The smallest absolute Gasteiger partial charge is 0.237 e. The highest BCUT2D eigenvalue weighted by Crippen LogP contribution is 2.30. The molecular formula is C19H34ClFN2O4S. The molecule has 2 aliphatic rings. The number of hydrogen-bond acceptors (Lipinski definition) is 6. The zero-order valence-corrected chi connectivity index (χ0v) is 18.2. The van der Waals surface area contributed by atoms with E-state index in [0.29, 0.717) is 31.7 Å². The number of hydrogen-bond donors (Lipinski definition) is 4. The van der Waals surface area contributed by atoms with E-state index in [0.717, 1.165) is 19.3 Å². The number of aliphatic hydroxyl groups excluding tert-OH is 2. The quantitative estimate of drug-likeness (QED) is 0.430. The lowest BCUT2D eigenvalue weighted by Crippen LogP contribution is -2.61. The molecule has 8 atom stereocenters. The lowest BCUT2D eigenvalue weighted by Gasteiger charge is -2.41. The van der Waals surface area contributed by atoms with Crippen molar-refractivity contribution in [3.8, 4) is 0 Å². The minimum Gasteiger partial charge on any atom is -0.390 e. The molecule has 0 aromatic carbocycles. The van der Waals surface area contributed by atoms with Gasteiger partial charge in [0.05, 0.1) is 30.2 Å². The first-order valence-corrected chi connectivity index (χ1v) is 11.9. The van der Waals surface area contributed by atoms with E-state index in [-0.39, 0.29) is 24.1 Å². The average molecular weight is 441 g/mol. The van der Waals surface area contributed by atoms with Crippen molar-refractivity contribution in [2.75, 3.05) is 19.5 Å². The van der Waals surface area contributed by atoms with Crippen molar-refractivity contribution in [3.63, 3.8) is 0 Å². The Morgan fingerprint density at radius 2 is 2.14 bits per heavy atom. The minimum atomic E-state index is -1.11. The topological polar surface area (TPSA) is 90.8 Å². The number of thioether (sulfide) groups is 1. The van der Waals surface area contributed by atoms with Crippen LogP contribution in [0.15, 0.2) is 0 Å². The molecule has 4 N–H and O–H groups in total. The van der Waals surface area contributed by atoms with Crippen molar-refractivity contribution in [1.82, 2.24) is 10.6 Å². The molecule has 9 heteroatoms. The second-order valence-electron chi connectivity index (χ2n) is 7.84. The van der Waals surface area contributed by atoms with Gasteiger partial charge in [0.25, 0.3) is 0 Å². The summed E-state index contributed by atoms with van der Waals surface area (Å²) in [5, 5.41) is 26.3. The van der Waals surface area contributed by atoms with Gasteiger partial charge in [-0.2, -0.15) is 0 Å². The summed E-state index contributed by atoms with van der Waals surface area (Å²) in [6.07, 6.45) is 3.32. The Bertz CT molecular complexity index is 491. The summed E-state index contributed by atoms with van der Waals surface area (Å²) in [4.78, 5) is 12.9. The van der Waals surface area contributed by atoms with Crippen LogP contribution in [-0.2, 0) is 9.53 Å². The number of nitrogens with one attached hydrogen (secondary N) is 2. The largest absolute Gasteiger partial charge is 0.390 e. The first-order chi connectivity index (χ1) is 13.4. The lowest BCUT2D eigenvalue weighted by atomic mass is 9.93. The number of aliphatic hydroxyl groups is 2. The molecule has 0 aliphatic carbocycles. The molecule has 0 aromatic rings. The van der Waals surface area contributed by atoms with Crippen LogP contribution in [-0.4, -0.2) is 76.8 Å². The van der Waals surface area contributed by atoms with Crippen molar-refractivity contribution < 1.29 is 24.1 Å². The van der Waals surface area contributed by atoms with Crippen molar-refractivity contribution in [3.05, 3.63) is 0 Å². The number of amides is 1. The molecule has 1 amide bonds. The van der Waals surface area contributed by atoms with Crippen LogP contribution in [0.2, 0.25) is 0 Å². The Balaban J connectivity index is 1.98. The highest BCUT2D eigenvalue weighted by Gasteiger charge is 2.43. The molecule has 0 spiro atoms. The van der Waals surface area contributed by atoms with Gasteiger partial charge in [-0.25, -0.2) is 0 Å². The summed E-state index contributed by atoms with van der Waals surface area (Å²) in [5.41, 5.74) is -0.259. The first-order valence-electron chi connectivity index (χ1n) is 10.2. The Labute approximate surface area is 176 Å². The van der Waals surface area contributed by atoms with Gasteiger partial charge in [-0.15, -0.1) is 23.4 Å². The maximum absolute atomic E-state index is 12.9. The van der Waals surface area contributed by atoms with Crippen molar-refractivity contribution in [2.45, 2.75) is 86.7 Å². The lowest BCUT2D eigenvalue weighted by molar-refractivity contribution is -0.158. The van der Waals surface area contributed by atoms with Gasteiger partial charge in [0.1, 0.15) is 17.6 Å². The minimum absolute atomic E-state index is 0.180. The van der Waals surface area contributed by atoms with Crippen LogP contribution in [0.3, 0.4) is 0 Å². The van der Waals surface area contributed by atoms with E-state index in [2.05, 4.69) is 10.6 Å². The molecule has 0 bridgehead atoms. The number of carbonyl (C=O) groups is 1. The van der Waals surface area contributed by atoms with E-state index in [4.69, 9.17) is 16.3 Å². The SMILES string of the molecule is CSC1CC(O)C(O)C(C(NC(=O)C2CCC(CCCF)CCN2)C(C)Cl)O1. The fourth-order valence-corrected chi connectivity index (χ4v) is 4.86. The molecule has 164 valence electrons. The highest BCUT2D eigenvalue weighted by atomic mass is 35.5. The van der Waals surface area contributed by atoms with Gasteiger partial charge in [0.2, 0.25) is 5.91 Å². The predicted molar refractivity (Wildman–Crippen MR) is 110 cm³/mol. The van der Waals surface area contributed by atoms with E-state index in [1.807, 2.05) is 6.26 Å². The summed E-state index contributed by atoms with van der Waals surface area (Å²) >= 11 is 7.78. The molecule has 2 heterocycles. The van der Waals surface area contributed by atoms with Gasteiger partial charge in [-0.1, -0.05) is 0 Å². The predicted octanol–water partition coefficient (Wildman–Crippen LogP) is 1.81. The maximum atomic E-state index is 12.9. The number of rotatable bonds is 8. The molecule has 2 aliphatic heterocycles. The van der Waals surface area contributed by atoms with Gasteiger partial charge in [-0.3, -0.25) is 9.18 Å². The summed E-state index contributed by atoms with van der Waals surface area (Å²) in [6.45, 7) is 2.16. The molecule has 0 aromatic heterocycles. The van der Waals surface area contributed by atoms with E-state index in [1.54, 1.807) is 6.92 Å². The summed E-state index contributed by atoms with van der Waals surface area (Å²) in [6, 6.07) is -0.976. The average Bonchev–Trinajstić information content (AvgIpc) is 2.92. The highest BCUT2D eigenvalue weighted by molar-refractivity contribution is 7.99. The summed E-state index contributed by atoms with van der Waals surface area (Å²) < 4.78 is 18.3. The third kappa shape index (κ3) is 6.71. The molecule has 0 saturated carbocycles. The molecule has 0 radical (unpaired) electrons. The fraction of sp³-hybridized carbons (Fsp3) is 0.947. The van der Waals surface area contributed by atoms with Gasteiger partial charge in [0, 0.05) is 6.42 Å². The summed E-state index contributed by atoms with van der Waals surface area (Å²) in [7, 11) is 0. The zero-order chi connectivity index (χ0) is 20.7. The molecule has 28 heavy (non-hydrogen) atoms. The molecule has 2 saturated heterocycles. The maximum Gasteiger partial charge on any atom is 0.237 e. The molecule has 2 rings (SSSR count). The second kappa shape index (κ2) is 11.9. The third-order valence-corrected chi connectivity index (χ3v) is 6.86. The van der Waals surface area contributed by atoms with Crippen molar-refractivity contribution in [2.24, 2.45) is 5.92 Å². The van der Waals surface area contributed by atoms with Crippen molar-refractivity contribution in [1.29, 1.82) is 0 Å². The standard InChI is InChI=1S/C19H34ClFN2O4S/c1-11(20)16(18-17(25)14(24)10-15(27-18)28-2)23-19(26)13-6-5-12(4-3-8-21)7-9-22-13/h11-18,22,24-25H,3-10H2,1-2H3,(H,23,26). The van der Waals surface area contributed by atoms with Crippen LogP contribution in [0.1, 0.15) is 45.4 Å². The Kier molecular flexibility index (Phi) is 10.3. The van der Waals surface area contributed by atoms with E-state index < -0.39 is 29.7 Å². The van der Waals surface area contributed by atoms with Gasteiger partial charge in [-0.05, 0) is 57.7 Å². The molecule has 8 unspecified atom stereocenters. The summed E-state index contributed by atoms with van der Waals surface area (Å²) in [5.74, 6) is 0.255. The van der Waals surface area contributed by atoms with Crippen LogP contribution in [0.5, 0.6) is 0 Å². The monoisotopic (exact) mass is 440 g/mol. The van der Waals surface area contributed by atoms with Crippen molar-refractivity contribution >= 4 is 29.3 Å². The number of alkyl halides is 2. The Morgan fingerprint density at radius 3 is 2.79 bits per heavy atom. The molecule has 6 nitrogen and oxygen atoms in total. The fourth-order valence-electron chi connectivity index (χ4n) is 4.03. The second-order valence-corrected chi connectivity index (χ2v) is 9.53. The van der Waals surface area contributed by atoms with Crippen LogP contribution >= 0.6 is 23.4 Å². The normalized spacial score (nSPS) is 36.4. The van der Waals surface area contributed by atoms with Gasteiger partial charge >= 0.3 is 0 Å². The Hall–Kier alpha value is -0.120. The van der Waals surface area contributed by atoms with E-state index in [9.17, 15) is 19.4 Å². The Morgan fingerprint density at radius 1 is 1.39 bits per heavy atom. The number of ether oxygens (including phenoxy) is 1. The zero-order valence-electron chi connectivity index (χ0n) is 16.7. The van der Waals surface area contributed by atoms with Gasteiger partial charge < -0.3 is 25.6 Å².